The molecule has 1 heterocycles. The summed E-state index contributed by atoms with van der Waals surface area (Å²) in [6.07, 6.45) is 3.24. The SMILES string of the molecule is CC(C)N(C(=O)COC(=O)CN1C(=O)[C@@H]2CCCC[C@H]2C1=O)c1ccccc1. The number of benzene rings is 1. The fourth-order valence-electron chi connectivity index (χ4n) is 4.09. The molecular formula is C21H26N2O5. The van der Waals surface area contributed by atoms with E-state index in [0.717, 1.165) is 17.7 Å². The molecule has 2 atom stereocenters. The van der Waals surface area contributed by atoms with Gasteiger partial charge in [-0.1, -0.05) is 31.0 Å². The zero-order valence-electron chi connectivity index (χ0n) is 16.3. The summed E-state index contributed by atoms with van der Waals surface area (Å²) in [4.78, 5) is 52.2. The normalized spacial score (nSPS) is 21.6. The summed E-state index contributed by atoms with van der Waals surface area (Å²) in [5, 5.41) is 0. The molecule has 2 fully saturated rings. The average molecular weight is 386 g/mol. The van der Waals surface area contributed by atoms with Gasteiger partial charge in [-0.05, 0) is 38.8 Å². The van der Waals surface area contributed by atoms with E-state index < -0.39 is 19.1 Å². The molecule has 0 unspecified atom stereocenters. The molecule has 0 bridgehead atoms. The molecule has 2 aliphatic rings. The van der Waals surface area contributed by atoms with E-state index in [4.69, 9.17) is 4.74 Å². The average Bonchev–Trinajstić information content (AvgIpc) is 2.92. The Morgan fingerprint density at radius 1 is 1.07 bits per heavy atom. The lowest BCUT2D eigenvalue weighted by Gasteiger charge is -2.26. The lowest BCUT2D eigenvalue weighted by Crippen LogP contribution is -2.41. The smallest absolute Gasteiger partial charge is 0.326 e. The predicted molar refractivity (Wildman–Crippen MR) is 102 cm³/mol. The van der Waals surface area contributed by atoms with Crippen LogP contribution in [0.2, 0.25) is 0 Å². The van der Waals surface area contributed by atoms with Crippen molar-refractivity contribution in [2.45, 2.75) is 45.6 Å². The van der Waals surface area contributed by atoms with Gasteiger partial charge in [-0.2, -0.15) is 0 Å². The molecule has 150 valence electrons. The zero-order chi connectivity index (χ0) is 20.3. The van der Waals surface area contributed by atoms with Gasteiger partial charge in [-0.15, -0.1) is 0 Å². The van der Waals surface area contributed by atoms with Crippen LogP contribution in [-0.2, 0) is 23.9 Å². The minimum atomic E-state index is -0.745. The van der Waals surface area contributed by atoms with Crippen molar-refractivity contribution in [3.63, 3.8) is 0 Å². The van der Waals surface area contributed by atoms with Crippen molar-refractivity contribution in [2.75, 3.05) is 18.1 Å². The quantitative estimate of drug-likeness (QED) is 0.552. The van der Waals surface area contributed by atoms with Gasteiger partial charge in [0.1, 0.15) is 6.54 Å². The third kappa shape index (κ3) is 4.08. The Hall–Kier alpha value is -2.70. The summed E-state index contributed by atoms with van der Waals surface area (Å²) in [6.45, 7) is 2.88. The van der Waals surface area contributed by atoms with Crippen molar-refractivity contribution in [3.8, 4) is 0 Å². The second-order valence-corrected chi connectivity index (χ2v) is 7.61. The number of amides is 3. The minimum absolute atomic E-state index is 0.113. The molecular weight excluding hydrogens is 360 g/mol. The Labute approximate surface area is 164 Å². The van der Waals surface area contributed by atoms with Gasteiger partial charge in [-0.25, -0.2) is 0 Å². The van der Waals surface area contributed by atoms with E-state index in [2.05, 4.69) is 0 Å². The highest BCUT2D eigenvalue weighted by Crippen LogP contribution is 2.37. The van der Waals surface area contributed by atoms with Crippen LogP contribution in [0.3, 0.4) is 0 Å². The van der Waals surface area contributed by atoms with Crippen molar-refractivity contribution in [2.24, 2.45) is 11.8 Å². The Morgan fingerprint density at radius 2 is 1.64 bits per heavy atom. The molecule has 0 aromatic heterocycles. The number of carbonyl (C=O) groups is 4. The van der Waals surface area contributed by atoms with Crippen LogP contribution >= 0.6 is 0 Å². The molecule has 0 radical (unpaired) electrons. The number of nitrogens with zero attached hydrogens (tertiary/aromatic N) is 2. The number of fused-ring (bicyclic) bond motifs is 1. The first kappa shape index (κ1) is 20.0. The van der Waals surface area contributed by atoms with E-state index in [1.165, 1.54) is 0 Å². The Kier molecular flexibility index (Phi) is 6.11. The van der Waals surface area contributed by atoms with Crippen LogP contribution in [0, 0.1) is 11.8 Å². The maximum atomic E-state index is 12.6. The summed E-state index contributed by atoms with van der Waals surface area (Å²) in [6, 6.07) is 9.01. The van der Waals surface area contributed by atoms with Gasteiger partial charge in [0.15, 0.2) is 6.61 Å². The first-order valence-corrected chi connectivity index (χ1v) is 9.78. The lowest BCUT2D eigenvalue weighted by atomic mass is 9.81. The van der Waals surface area contributed by atoms with Crippen molar-refractivity contribution in [1.82, 2.24) is 4.90 Å². The summed E-state index contributed by atoms with van der Waals surface area (Å²) in [5.41, 5.74) is 0.715. The number of carbonyl (C=O) groups excluding carboxylic acids is 4. The molecule has 0 N–H and O–H groups in total. The second-order valence-electron chi connectivity index (χ2n) is 7.61. The van der Waals surface area contributed by atoms with E-state index in [1.807, 2.05) is 44.2 Å². The largest absolute Gasteiger partial charge is 0.454 e. The van der Waals surface area contributed by atoms with E-state index in [9.17, 15) is 19.2 Å². The second kappa shape index (κ2) is 8.54. The number of likely N-dealkylation sites (tertiary alicyclic amines) is 1. The lowest BCUT2D eigenvalue weighted by molar-refractivity contribution is -0.154. The van der Waals surface area contributed by atoms with Crippen molar-refractivity contribution in [1.29, 1.82) is 0 Å². The molecule has 1 aromatic rings. The fourth-order valence-corrected chi connectivity index (χ4v) is 4.09. The molecule has 3 rings (SSSR count). The van der Waals surface area contributed by atoms with Gasteiger partial charge >= 0.3 is 5.97 Å². The maximum Gasteiger partial charge on any atom is 0.326 e. The summed E-state index contributed by atoms with van der Waals surface area (Å²) in [7, 11) is 0. The summed E-state index contributed by atoms with van der Waals surface area (Å²) >= 11 is 0. The van der Waals surface area contributed by atoms with Gasteiger partial charge in [0, 0.05) is 11.7 Å². The number of esters is 1. The highest BCUT2D eigenvalue weighted by Gasteiger charge is 2.48. The number of hydrogen-bond donors (Lipinski definition) is 0. The molecule has 7 nitrogen and oxygen atoms in total. The standard InChI is InChI=1S/C21H26N2O5/c1-14(2)23(15-8-4-3-5-9-15)18(24)13-28-19(25)12-22-20(26)16-10-6-7-11-17(16)21(22)27/h3-5,8-9,14,16-17H,6-7,10-13H2,1-2H3/t16-,17-/m1/s1. The van der Waals surface area contributed by atoms with Crippen LogP contribution in [0.15, 0.2) is 30.3 Å². The summed E-state index contributed by atoms with van der Waals surface area (Å²) in [5.74, 6) is -2.28. The molecule has 28 heavy (non-hydrogen) atoms. The zero-order valence-corrected chi connectivity index (χ0v) is 16.3. The van der Waals surface area contributed by atoms with E-state index >= 15 is 0 Å². The van der Waals surface area contributed by atoms with E-state index in [-0.39, 0.29) is 35.6 Å². The summed E-state index contributed by atoms with van der Waals surface area (Å²) < 4.78 is 5.09. The minimum Gasteiger partial charge on any atom is -0.454 e. The molecule has 0 spiro atoms. The number of rotatable bonds is 6. The Balaban J connectivity index is 1.57. The third-order valence-corrected chi connectivity index (χ3v) is 5.40. The van der Waals surface area contributed by atoms with Crippen molar-refractivity contribution < 1.29 is 23.9 Å². The topological polar surface area (TPSA) is 84.0 Å². The van der Waals surface area contributed by atoms with Crippen LogP contribution in [0.5, 0.6) is 0 Å². The molecule has 7 heteroatoms. The molecule has 1 saturated carbocycles. The van der Waals surface area contributed by atoms with Crippen LogP contribution in [0.25, 0.3) is 0 Å². The van der Waals surface area contributed by atoms with Crippen LogP contribution in [0.4, 0.5) is 5.69 Å². The predicted octanol–water partition coefficient (Wildman–Crippen LogP) is 2.15. The van der Waals surface area contributed by atoms with Crippen LogP contribution < -0.4 is 4.90 Å². The van der Waals surface area contributed by atoms with Gasteiger partial charge in [0.05, 0.1) is 11.8 Å². The molecule has 1 saturated heterocycles. The van der Waals surface area contributed by atoms with E-state index in [1.54, 1.807) is 4.90 Å². The third-order valence-electron chi connectivity index (χ3n) is 5.40. The Bertz CT molecular complexity index is 737. The molecule has 1 aromatic carbocycles. The van der Waals surface area contributed by atoms with Crippen LogP contribution in [-0.4, -0.2) is 47.8 Å². The first-order chi connectivity index (χ1) is 13.4. The fraction of sp³-hybridized carbons (Fsp3) is 0.524. The molecule has 1 aliphatic heterocycles. The van der Waals surface area contributed by atoms with Crippen molar-refractivity contribution >= 4 is 29.4 Å². The monoisotopic (exact) mass is 386 g/mol. The van der Waals surface area contributed by atoms with Gasteiger partial charge in [-0.3, -0.25) is 24.1 Å². The van der Waals surface area contributed by atoms with E-state index in [0.29, 0.717) is 18.5 Å². The first-order valence-electron chi connectivity index (χ1n) is 9.78. The molecule has 1 aliphatic carbocycles. The number of anilines is 1. The maximum absolute atomic E-state index is 12.6. The number of imide groups is 1. The van der Waals surface area contributed by atoms with Gasteiger partial charge < -0.3 is 9.64 Å². The highest BCUT2D eigenvalue weighted by molar-refractivity contribution is 6.07. The highest BCUT2D eigenvalue weighted by atomic mass is 16.5. The number of ether oxygens (including phenoxy) is 1. The molecule has 3 amide bonds. The van der Waals surface area contributed by atoms with Gasteiger partial charge in [0.25, 0.3) is 5.91 Å². The van der Waals surface area contributed by atoms with Crippen LogP contribution in [0.1, 0.15) is 39.5 Å². The number of hydrogen-bond acceptors (Lipinski definition) is 5. The van der Waals surface area contributed by atoms with Gasteiger partial charge in [0.2, 0.25) is 11.8 Å². The Morgan fingerprint density at radius 3 is 2.18 bits per heavy atom. The number of para-hydroxylation sites is 1. The van der Waals surface area contributed by atoms with Crippen molar-refractivity contribution in [3.05, 3.63) is 30.3 Å².